The number of fused-ring (bicyclic) bond motifs is 1. The van der Waals surface area contributed by atoms with Crippen LogP contribution in [-0.2, 0) is 28.9 Å². The lowest BCUT2D eigenvalue weighted by molar-refractivity contribution is -0.141. The van der Waals surface area contributed by atoms with Gasteiger partial charge in [-0.2, -0.15) is 13.2 Å². The smallest absolute Gasteiger partial charge is 0.416 e. The Morgan fingerprint density at radius 3 is 2.56 bits per heavy atom. The Morgan fingerprint density at radius 2 is 1.88 bits per heavy atom. The summed E-state index contributed by atoms with van der Waals surface area (Å²) in [6, 6.07) is 12.4. The van der Waals surface area contributed by atoms with Crippen LogP contribution in [0.5, 0.6) is 5.75 Å². The van der Waals surface area contributed by atoms with E-state index < -0.39 is 11.7 Å². The summed E-state index contributed by atoms with van der Waals surface area (Å²) in [7, 11) is 1.35. The number of hydrogen-bond donors (Lipinski definition) is 0. The van der Waals surface area contributed by atoms with Gasteiger partial charge in [0.15, 0.2) is 0 Å². The van der Waals surface area contributed by atoms with Crippen LogP contribution >= 0.6 is 11.3 Å². The van der Waals surface area contributed by atoms with Gasteiger partial charge in [-0.15, -0.1) is 11.3 Å². The maximum Gasteiger partial charge on any atom is 0.416 e. The molecule has 0 aliphatic rings. The first-order valence-electron chi connectivity index (χ1n) is 9.67. The SMILES string of the molecule is COC(=O)Cn1ccc2c(OCc3sc(-c4ccc(C(F)(F)F)cc4)nc3C)cccc21. The van der Waals surface area contributed by atoms with Gasteiger partial charge >= 0.3 is 12.1 Å². The molecule has 0 atom stereocenters. The van der Waals surface area contributed by atoms with Crippen LogP contribution in [0.25, 0.3) is 21.5 Å². The maximum atomic E-state index is 12.8. The summed E-state index contributed by atoms with van der Waals surface area (Å²) >= 11 is 1.38. The summed E-state index contributed by atoms with van der Waals surface area (Å²) in [5.41, 5.74) is 1.55. The number of alkyl halides is 3. The second-order valence-electron chi connectivity index (χ2n) is 7.10. The van der Waals surface area contributed by atoms with Gasteiger partial charge in [0.1, 0.15) is 23.9 Å². The Kier molecular flexibility index (Phi) is 5.92. The number of halogens is 3. The molecule has 0 saturated heterocycles. The van der Waals surface area contributed by atoms with Crippen LogP contribution < -0.4 is 4.74 Å². The van der Waals surface area contributed by atoms with Gasteiger partial charge in [-0.05, 0) is 37.3 Å². The van der Waals surface area contributed by atoms with Crippen molar-refractivity contribution >= 4 is 28.2 Å². The van der Waals surface area contributed by atoms with Crippen LogP contribution in [0.15, 0.2) is 54.7 Å². The van der Waals surface area contributed by atoms with E-state index in [1.54, 1.807) is 10.8 Å². The Labute approximate surface area is 186 Å². The summed E-state index contributed by atoms with van der Waals surface area (Å²) in [5, 5.41) is 1.50. The average Bonchev–Trinajstić information content (AvgIpc) is 3.35. The lowest BCUT2D eigenvalue weighted by Gasteiger charge is -2.08. The van der Waals surface area contributed by atoms with Gasteiger partial charge in [0, 0.05) is 17.1 Å². The number of hydrogen-bond acceptors (Lipinski definition) is 5. The van der Waals surface area contributed by atoms with Crippen molar-refractivity contribution < 1.29 is 27.4 Å². The van der Waals surface area contributed by atoms with E-state index in [2.05, 4.69) is 4.98 Å². The molecule has 0 aliphatic heterocycles. The predicted octanol–water partition coefficient (Wildman–Crippen LogP) is 5.84. The van der Waals surface area contributed by atoms with Gasteiger partial charge in [-0.3, -0.25) is 4.79 Å². The molecule has 9 heteroatoms. The molecule has 0 N–H and O–H groups in total. The lowest BCUT2D eigenvalue weighted by Crippen LogP contribution is -2.10. The standard InChI is InChI=1S/C23H19F3N2O3S/c1-14-20(32-22(27-14)15-6-8-16(9-7-15)23(24,25)26)13-31-19-5-3-4-18-17(19)10-11-28(18)12-21(29)30-2/h3-11H,12-13H2,1-2H3. The topological polar surface area (TPSA) is 53.4 Å². The van der Waals surface area contributed by atoms with E-state index in [1.165, 1.54) is 30.6 Å². The van der Waals surface area contributed by atoms with Crippen molar-refractivity contribution in [3.05, 3.63) is 70.9 Å². The zero-order chi connectivity index (χ0) is 22.9. The normalized spacial score (nSPS) is 11.7. The Bertz CT molecular complexity index is 1260. The molecular formula is C23H19F3N2O3S. The van der Waals surface area contributed by atoms with Crippen LogP contribution in [0.4, 0.5) is 13.2 Å². The number of methoxy groups -OCH3 is 1. The molecule has 166 valence electrons. The number of nitrogens with zero attached hydrogens (tertiary/aromatic N) is 2. The number of carbonyl (C=O) groups is 1. The monoisotopic (exact) mass is 460 g/mol. The van der Waals surface area contributed by atoms with Gasteiger partial charge in [0.25, 0.3) is 0 Å². The average molecular weight is 460 g/mol. The molecule has 0 saturated carbocycles. The highest BCUT2D eigenvalue weighted by Gasteiger charge is 2.30. The lowest BCUT2D eigenvalue weighted by atomic mass is 10.1. The Hall–Kier alpha value is -3.33. The second-order valence-corrected chi connectivity index (χ2v) is 8.18. The first kappa shape index (κ1) is 21.9. The summed E-state index contributed by atoms with van der Waals surface area (Å²) in [4.78, 5) is 17.0. The van der Waals surface area contributed by atoms with E-state index in [4.69, 9.17) is 9.47 Å². The molecule has 0 radical (unpaired) electrons. The third kappa shape index (κ3) is 4.47. The van der Waals surface area contributed by atoms with Crippen LogP contribution in [0.2, 0.25) is 0 Å². The van der Waals surface area contributed by atoms with Gasteiger partial charge in [-0.25, -0.2) is 4.98 Å². The fraction of sp³-hybridized carbons (Fsp3) is 0.217. The first-order valence-corrected chi connectivity index (χ1v) is 10.5. The molecule has 4 rings (SSSR count). The fourth-order valence-corrected chi connectivity index (χ4v) is 4.27. The maximum absolute atomic E-state index is 12.8. The number of esters is 1. The van der Waals surface area contributed by atoms with Crippen molar-refractivity contribution in [1.82, 2.24) is 9.55 Å². The molecular weight excluding hydrogens is 441 g/mol. The molecule has 4 aromatic rings. The van der Waals surface area contributed by atoms with Crippen molar-refractivity contribution in [3.8, 4) is 16.3 Å². The molecule has 0 aliphatic carbocycles. The molecule has 2 aromatic carbocycles. The van der Waals surface area contributed by atoms with Crippen LogP contribution in [-0.4, -0.2) is 22.6 Å². The molecule has 0 amide bonds. The van der Waals surface area contributed by atoms with Crippen molar-refractivity contribution in [2.75, 3.05) is 7.11 Å². The minimum Gasteiger partial charge on any atom is -0.487 e. The van der Waals surface area contributed by atoms with Crippen molar-refractivity contribution in [1.29, 1.82) is 0 Å². The highest BCUT2D eigenvalue weighted by molar-refractivity contribution is 7.15. The molecule has 5 nitrogen and oxygen atoms in total. The van der Waals surface area contributed by atoms with E-state index in [0.717, 1.165) is 33.6 Å². The molecule has 2 aromatic heterocycles. The highest BCUT2D eigenvalue weighted by atomic mass is 32.1. The summed E-state index contributed by atoms with van der Waals surface area (Å²) in [6.45, 7) is 2.22. The van der Waals surface area contributed by atoms with Crippen LogP contribution in [0, 0.1) is 6.92 Å². The summed E-state index contributed by atoms with van der Waals surface area (Å²) < 4.78 is 50.9. The molecule has 0 unspecified atom stereocenters. The van der Waals surface area contributed by atoms with E-state index in [0.29, 0.717) is 16.3 Å². The molecule has 0 fully saturated rings. The van der Waals surface area contributed by atoms with E-state index in [9.17, 15) is 18.0 Å². The fourth-order valence-electron chi connectivity index (χ4n) is 3.29. The highest BCUT2D eigenvalue weighted by Crippen LogP contribution is 2.34. The first-order chi connectivity index (χ1) is 15.3. The number of carbonyl (C=O) groups excluding carboxylic acids is 1. The van der Waals surface area contributed by atoms with Crippen molar-refractivity contribution in [2.45, 2.75) is 26.3 Å². The van der Waals surface area contributed by atoms with Gasteiger partial charge in [0.05, 0.1) is 28.8 Å². The second kappa shape index (κ2) is 8.66. The number of aryl methyl sites for hydroxylation is 1. The molecule has 0 bridgehead atoms. The van der Waals surface area contributed by atoms with E-state index >= 15 is 0 Å². The number of thiazole rings is 1. The Balaban J connectivity index is 1.52. The third-order valence-corrected chi connectivity index (χ3v) is 6.19. The number of rotatable bonds is 6. The minimum atomic E-state index is -4.37. The minimum absolute atomic E-state index is 0.105. The Morgan fingerprint density at radius 1 is 1.12 bits per heavy atom. The number of aromatic nitrogens is 2. The van der Waals surface area contributed by atoms with Crippen molar-refractivity contribution in [2.24, 2.45) is 0 Å². The summed E-state index contributed by atoms with van der Waals surface area (Å²) in [6.07, 6.45) is -2.57. The van der Waals surface area contributed by atoms with Crippen LogP contribution in [0.1, 0.15) is 16.1 Å². The van der Waals surface area contributed by atoms with Gasteiger partial charge < -0.3 is 14.0 Å². The molecule has 2 heterocycles. The van der Waals surface area contributed by atoms with Gasteiger partial charge in [-0.1, -0.05) is 18.2 Å². The predicted molar refractivity (Wildman–Crippen MR) is 116 cm³/mol. The number of benzene rings is 2. The summed E-state index contributed by atoms with van der Waals surface area (Å²) in [5.74, 6) is 0.319. The number of ether oxygens (including phenoxy) is 2. The third-order valence-electron chi connectivity index (χ3n) is 5.01. The van der Waals surface area contributed by atoms with E-state index in [1.807, 2.05) is 31.2 Å². The van der Waals surface area contributed by atoms with Crippen molar-refractivity contribution in [3.63, 3.8) is 0 Å². The van der Waals surface area contributed by atoms with E-state index in [-0.39, 0.29) is 19.1 Å². The quantitative estimate of drug-likeness (QED) is 0.339. The van der Waals surface area contributed by atoms with Crippen LogP contribution in [0.3, 0.4) is 0 Å². The van der Waals surface area contributed by atoms with Gasteiger partial charge in [0.2, 0.25) is 0 Å². The molecule has 32 heavy (non-hydrogen) atoms. The largest absolute Gasteiger partial charge is 0.487 e. The zero-order valence-corrected chi connectivity index (χ0v) is 18.1. The zero-order valence-electron chi connectivity index (χ0n) is 17.3. The molecule has 0 spiro atoms.